The van der Waals surface area contributed by atoms with E-state index in [0.29, 0.717) is 0 Å². The lowest BCUT2D eigenvalue weighted by atomic mass is 9.75. The van der Waals surface area contributed by atoms with Gasteiger partial charge >= 0.3 is 0 Å². The van der Waals surface area contributed by atoms with Crippen LogP contribution in [0.5, 0.6) is 0 Å². The SMILES string of the molecule is C=CCc1c(C(C)(C)C)cc(SC(C)(C)Sc2cc(C(C)(C)C)c(C)c(C(C)(C)C)c2)cc1C(C)(C)C. The third-order valence-corrected chi connectivity index (χ3v) is 9.34. The first-order chi connectivity index (χ1) is 16.5. The Kier molecular flexibility index (Phi) is 9.37. The molecule has 206 valence electrons. The van der Waals surface area contributed by atoms with Crippen LogP contribution in [0.1, 0.15) is 130 Å². The largest absolute Gasteiger partial charge is 0.109 e. The van der Waals surface area contributed by atoms with Crippen molar-refractivity contribution in [3.8, 4) is 0 Å². The molecule has 0 fully saturated rings. The van der Waals surface area contributed by atoms with Gasteiger partial charge in [0.05, 0.1) is 4.08 Å². The van der Waals surface area contributed by atoms with Crippen LogP contribution in [0.3, 0.4) is 0 Å². The molecule has 0 saturated carbocycles. The minimum atomic E-state index is -0.0240. The van der Waals surface area contributed by atoms with Crippen molar-refractivity contribution in [2.24, 2.45) is 0 Å². The molecule has 0 spiro atoms. The van der Waals surface area contributed by atoms with Gasteiger partial charge in [0.15, 0.2) is 0 Å². The topological polar surface area (TPSA) is 0 Å². The van der Waals surface area contributed by atoms with Gasteiger partial charge in [-0.1, -0.05) is 89.2 Å². The summed E-state index contributed by atoms with van der Waals surface area (Å²) in [4.78, 5) is 2.73. The van der Waals surface area contributed by atoms with Crippen LogP contribution in [0.2, 0.25) is 0 Å². The average Bonchev–Trinajstić information content (AvgIpc) is 2.66. The van der Waals surface area contributed by atoms with E-state index in [2.05, 4.69) is 141 Å². The van der Waals surface area contributed by atoms with Crippen LogP contribution in [0.25, 0.3) is 0 Å². The standard InChI is InChI=1S/C35H54S2/c1-17-18-26-29(33(9,10)11)21-25(22-30(26)34(12,13)14)37-35(15,16)36-24-19-27(31(3,4)5)23(2)28(20-24)32(6,7)8/h17,19-22H,1,18H2,2-16H3. The van der Waals surface area contributed by atoms with E-state index in [-0.39, 0.29) is 25.7 Å². The summed E-state index contributed by atoms with van der Waals surface area (Å²) in [6.45, 7) is 39.2. The van der Waals surface area contributed by atoms with E-state index < -0.39 is 0 Å². The van der Waals surface area contributed by atoms with Crippen molar-refractivity contribution >= 4 is 23.5 Å². The Morgan fingerprint density at radius 2 is 0.865 bits per heavy atom. The van der Waals surface area contributed by atoms with Crippen LogP contribution < -0.4 is 0 Å². The third-order valence-electron chi connectivity index (χ3n) is 6.91. The summed E-state index contributed by atoms with van der Waals surface area (Å²) >= 11 is 3.99. The number of allylic oxidation sites excluding steroid dienone is 1. The normalized spacial score (nSPS) is 13.7. The summed E-state index contributed by atoms with van der Waals surface area (Å²) < 4.78 is -0.0240. The summed E-state index contributed by atoms with van der Waals surface area (Å²) in [5.74, 6) is 0. The molecule has 0 atom stereocenters. The lowest BCUT2D eigenvalue weighted by Gasteiger charge is -2.33. The fourth-order valence-corrected chi connectivity index (χ4v) is 7.89. The molecule has 0 saturated heterocycles. The number of hydrogen-bond acceptors (Lipinski definition) is 2. The fourth-order valence-electron chi connectivity index (χ4n) is 5.30. The highest BCUT2D eigenvalue weighted by molar-refractivity contribution is 8.18. The van der Waals surface area contributed by atoms with Gasteiger partial charge in [-0.2, -0.15) is 0 Å². The van der Waals surface area contributed by atoms with Crippen LogP contribution in [0, 0.1) is 6.92 Å². The molecule has 0 aliphatic heterocycles. The van der Waals surface area contributed by atoms with E-state index in [0.717, 1.165) is 6.42 Å². The molecule has 0 aromatic heterocycles. The Hall–Kier alpha value is -1.12. The smallest absolute Gasteiger partial charge is 0.0649 e. The highest BCUT2D eigenvalue weighted by Crippen LogP contribution is 2.49. The molecular weight excluding hydrogens is 485 g/mol. The van der Waals surface area contributed by atoms with Gasteiger partial charge in [0.1, 0.15) is 0 Å². The molecule has 0 N–H and O–H groups in total. The van der Waals surface area contributed by atoms with Crippen molar-refractivity contribution in [3.63, 3.8) is 0 Å². The van der Waals surface area contributed by atoms with Gasteiger partial charge in [0, 0.05) is 9.79 Å². The second-order valence-corrected chi connectivity index (χ2v) is 18.9. The monoisotopic (exact) mass is 538 g/mol. The maximum atomic E-state index is 4.08. The number of benzene rings is 2. The van der Waals surface area contributed by atoms with Gasteiger partial charge in [-0.15, -0.1) is 30.1 Å². The average molecular weight is 539 g/mol. The van der Waals surface area contributed by atoms with E-state index in [1.807, 2.05) is 23.5 Å². The van der Waals surface area contributed by atoms with E-state index in [1.165, 1.54) is 43.2 Å². The van der Waals surface area contributed by atoms with Crippen molar-refractivity contribution in [3.05, 3.63) is 70.3 Å². The van der Waals surface area contributed by atoms with Crippen molar-refractivity contribution < 1.29 is 0 Å². The molecular formula is C35H54S2. The molecule has 0 nitrogen and oxygen atoms in total. The highest BCUT2D eigenvalue weighted by Gasteiger charge is 2.30. The number of rotatable bonds is 6. The zero-order chi connectivity index (χ0) is 28.8. The fraction of sp³-hybridized carbons (Fsp3) is 0.600. The lowest BCUT2D eigenvalue weighted by Crippen LogP contribution is -2.22. The highest BCUT2D eigenvalue weighted by atomic mass is 32.2. The predicted molar refractivity (Wildman–Crippen MR) is 172 cm³/mol. The van der Waals surface area contributed by atoms with Gasteiger partial charge in [0.2, 0.25) is 0 Å². The summed E-state index contributed by atoms with van der Waals surface area (Å²) in [5, 5.41) is 0. The van der Waals surface area contributed by atoms with Crippen LogP contribution in [-0.2, 0) is 28.1 Å². The molecule has 0 amide bonds. The molecule has 0 unspecified atom stereocenters. The Morgan fingerprint density at radius 3 is 1.14 bits per heavy atom. The van der Waals surface area contributed by atoms with Crippen LogP contribution in [0.15, 0.2) is 46.7 Å². The zero-order valence-corrected chi connectivity index (χ0v) is 28.3. The van der Waals surface area contributed by atoms with E-state index in [4.69, 9.17) is 0 Å². The summed E-state index contributed by atoms with van der Waals surface area (Å²) in [7, 11) is 0. The van der Waals surface area contributed by atoms with Crippen molar-refractivity contribution in [2.45, 2.75) is 146 Å². The molecule has 0 aliphatic rings. The van der Waals surface area contributed by atoms with Crippen LogP contribution >= 0.6 is 23.5 Å². The first-order valence-electron chi connectivity index (χ1n) is 13.8. The summed E-state index contributed by atoms with van der Waals surface area (Å²) in [6.07, 6.45) is 2.97. The van der Waals surface area contributed by atoms with Gasteiger partial charge in [-0.25, -0.2) is 0 Å². The first kappa shape index (κ1) is 32.1. The van der Waals surface area contributed by atoms with E-state index in [1.54, 1.807) is 0 Å². The molecule has 0 bridgehead atoms. The zero-order valence-electron chi connectivity index (χ0n) is 26.6. The number of thioether (sulfide) groups is 2. The van der Waals surface area contributed by atoms with E-state index in [9.17, 15) is 0 Å². The van der Waals surface area contributed by atoms with Crippen LogP contribution in [-0.4, -0.2) is 4.08 Å². The van der Waals surface area contributed by atoms with Gasteiger partial charge in [-0.05, 0) is 106 Å². The third kappa shape index (κ3) is 8.18. The first-order valence-corrected chi connectivity index (χ1v) is 15.4. The molecule has 0 radical (unpaired) electrons. The molecule has 0 aliphatic carbocycles. The van der Waals surface area contributed by atoms with Crippen molar-refractivity contribution in [1.29, 1.82) is 0 Å². The van der Waals surface area contributed by atoms with Gasteiger partial charge < -0.3 is 0 Å². The van der Waals surface area contributed by atoms with Gasteiger partial charge in [0.25, 0.3) is 0 Å². The minimum Gasteiger partial charge on any atom is -0.109 e. The maximum Gasteiger partial charge on any atom is 0.0649 e. The second-order valence-electron chi connectivity index (χ2n) is 15.2. The Balaban J connectivity index is 2.62. The Bertz CT molecular complexity index is 1050. The number of hydrogen-bond donors (Lipinski definition) is 0. The molecule has 2 heteroatoms. The summed E-state index contributed by atoms with van der Waals surface area (Å²) in [5.41, 5.74) is 9.09. The second kappa shape index (κ2) is 10.8. The van der Waals surface area contributed by atoms with E-state index >= 15 is 0 Å². The Morgan fingerprint density at radius 1 is 0.568 bits per heavy atom. The molecule has 2 aromatic rings. The molecule has 37 heavy (non-hydrogen) atoms. The summed E-state index contributed by atoms with van der Waals surface area (Å²) in [6, 6.07) is 9.81. The van der Waals surface area contributed by atoms with Gasteiger partial charge in [-0.3, -0.25) is 0 Å². The van der Waals surface area contributed by atoms with Crippen LogP contribution in [0.4, 0.5) is 0 Å². The molecule has 0 heterocycles. The molecule has 2 rings (SSSR count). The minimum absolute atomic E-state index is 0.0240. The Labute approximate surface area is 238 Å². The van der Waals surface area contributed by atoms with Crippen molar-refractivity contribution in [2.75, 3.05) is 0 Å². The predicted octanol–water partition coefficient (Wildman–Crippen LogP) is 11.5. The van der Waals surface area contributed by atoms with Crippen molar-refractivity contribution in [1.82, 2.24) is 0 Å². The quantitative estimate of drug-likeness (QED) is 0.204. The lowest BCUT2D eigenvalue weighted by molar-refractivity contribution is 0.555. The molecule has 2 aromatic carbocycles. The maximum absolute atomic E-state index is 4.08.